The van der Waals surface area contributed by atoms with E-state index in [1.54, 1.807) is 4.90 Å². The molecule has 0 aliphatic carbocycles. The van der Waals surface area contributed by atoms with E-state index in [0.29, 0.717) is 44.6 Å². The zero-order valence-electron chi connectivity index (χ0n) is 18.1. The zero-order valence-corrected chi connectivity index (χ0v) is 18.1. The molecule has 1 aromatic carbocycles. The lowest BCUT2D eigenvalue weighted by molar-refractivity contribution is -0.135. The number of aryl methyl sites for hydroxylation is 1. The molecule has 1 spiro atoms. The molecule has 0 radical (unpaired) electrons. The van der Waals surface area contributed by atoms with Crippen LogP contribution in [-0.2, 0) is 11.2 Å². The van der Waals surface area contributed by atoms with E-state index in [9.17, 15) is 14.4 Å². The van der Waals surface area contributed by atoms with Crippen LogP contribution in [0.25, 0.3) is 0 Å². The second-order valence-electron chi connectivity index (χ2n) is 8.61. The number of carbonyl (C=O) groups excluding carboxylic acids is 3. The van der Waals surface area contributed by atoms with Crippen molar-refractivity contribution in [2.75, 3.05) is 26.2 Å². The van der Waals surface area contributed by atoms with Gasteiger partial charge in [-0.05, 0) is 49.8 Å². The summed E-state index contributed by atoms with van der Waals surface area (Å²) in [5, 5.41) is 0. The quantitative estimate of drug-likeness (QED) is 0.687. The third-order valence-corrected chi connectivity index (χ3v) is 6.10. The van der Waals surface area contributed by atoms with E-state index >= 15 is 0 Å². The van der Waals surface area contributed by atoms with Gasteiger partial charge in [0.1, 0.15) is 5.54 Å². The standard InChI is InChI=1S/C23H33N3O3/c1-5-7-18-8-10-19(11-9-18)20(27)24-14-12-23(13-15-24)21(28)25(6-2)22(29)26(23)16-17(3)4/h8-11,17H,5-7,12-16H2,1-4H3. The topological polar surface area (TPSA) is 60.9 Å². The summed E-state index contributed by atoms with van der Waals surface area (Å²) < 4.78 is 0. The third-order valence-electron chi connectivity index (χ3n) is 6.10. The van der Waals surface area contributed by atoms with Crippen molar-refractivity contribution in [3.05, 3.63) is 35.4 Å². The molecule has 2 fully saturated rings. The molecular weight excluding hydrogens is 366 g/mol. The molecule has 2 aliphatic heterocycles. The summed E-state index contributed by atoms with van der Waals surface area (Å²) in [4.78, 5) is 43.9. The average Bonchev–Trinajstić information content (AvgIpc) is 2.89. The lowest BCUT2D eigenvalue weighted by Crippen LogP contribution is -2.58. The van der Waals surface area contributed by atoms with Gasteiger partial charge in [0, 0.05) is 31.7 Å². The maximum Gasteiger partial charge on any atom is 0.327 e. The molecule has 0 N–H and O–H groups in total. The normalized spacial score (nSPS) is 19.0. The van der Waals surface area contributed by atoms with Crippen molar-refractivity contribution in [3.63, 3.8) is 0 Å². The molecule has 6 nitrogen and oxygen atoms in total. The molecule has 0 unspecified atom stereocenters. The van der Waals surface area contributed by atoms with Crippen molar-refractivity contribution in [1.82, 2.24) is 14.7 Å². The summed E-state index contributed by atoms with van der Waals surface area (Å²) >= 11 is 0. The first-order chi connectivity index (χ1) is 13.8. The van der Waals surface area contributed by atoms with Gasteiger partial charge >= 0.3 is 6.03 Å². The molecule has 2 saturated heterocycles. The molecule has 0 atom stereocenters. The van der Waals surface area contributed by atoms with E-state index in [2.05, 4.69) is 20.8 Å². The van der Waals surface area contributed by atoms with Crippen LogP contribution in [-0.4, -0.2) is 64.3 Å². The highest BCUT2D eigenvalue weighted by atomic mass is 16.2. The minimum absolute atomic E-state index is 0.00225. The van der Waals surface area contributed by atoms with Crippen LogP contribution < -0.4 is 0 Å². The molecule has 0 aromatic heterocycles. The largest absolute Gasteiger partial charge is 0.338 e. The first-order valence-electron chi connectivity index (χ1n) is 10.9. The molecule has 3 rings (SSSR count). The second-order valence-corrected chi connectivity index (χ2v) is 8.61. The Bertz CT molecular complexity index is 764. The van der Waals surface area contributed by atoms with Crippen LogP contribution in [0.4, 0.5) is 4.79 Å². The smallest absolute Gasteiger partial charge is 0.327 e. The van der Waals surface area contributed by atoms with Crippen LogP contribution >= 0.6 is 0 Å². The van der Waals surface area contributed by atoms with E-state index in [-0.39, 0.29) is 23.8 Å². The highest BCUT2D eigenvalue weighted by Gasteiger charge is 2.57. The number of hydrogen-bond donors (Lipinski definition) is 0. The van der Waals surface area contributed by atoms with Gasteiger partial charge in [0.2, 0.25) is 0 Å². The second kappa shape index (κ2) is 8.56. The van der Waals surface area contributed by atoms with Crippen molar-refractivity contribution in [2.24, 2.45) is 5.92 Å². The van der Waals surface area contributed by atoms with Crippen LogP contribution in [0.2, 0.25) is 0 Å². The Hall–Kier alpha value is -2.37. The van der Waals surface area contributed by atoms with E-state index in [1.165, 1.54) is 10.5 Å². The zero-order chi connectivity index (χ0) is 21.2. The molecule has 2 aliphatic rings. The van der Waals surface area contributed by atoms with Crippen LogP contribution in [0.3, 0.4) is 0 Å². The van der Waals surface area contributed by atoms with Gasteiger partial charge in [-0.25, -0.2) is 4.79 Å². The molecule has 2 heterocycles. The summed E-state index contributed by atoms with van der Waals surface area (Å²) in [6.07, 6.45) is 3.09. The van der Waals surface area contributed by atoms with E-state index in [0.717, 1.165) is 12.8 Å². The van der Waals surface area contributed by atoms with Crippen LogP contribution in [0, 0.1) is 5.92 Å². The minimum Gasteiger partial charge on any atom is -0.338 e. The van der Waals surface area contributed by atoms with Crippen LogP contribution in [0.15, 0.2) is 24.3 Å². The van der Waals surface area contributed by atoms with Gasteiger partial charge < -0.3 is 9.80 Å². The third kappa shape index (κ3) is 3.89. The summed E-state index contributed by atoms with van der Waals surface area (Å²) in [7, 11) is 0. The molecular formula is C23H33N3O3. The Labute approximate surface area is 173 Å². The Morgan fingerprint density at radius 3 is 2.21 bits per heavy atom. The fourth-order valence-corrected chi connectivity index (χ4v) is 4.53. The highest BCUT2D eigenvalue weighted by molar-refractivity contribution is 6.07. The number of likely N-dealkylation sites (tertiary alicyclic amines) is 1. The van der Waals surface area contributed by atoms with Gasteiger partial charge in [-0.2, -0.15) is 0 Å². The summed E-state index contributed by atoms with van der Waals surface area (Å²) in [6.45, 7) is 10.0. The number of rotatable bonds is 6. The number of carbonyl (C=O) groups is 3. The highest BCUT2D eigenvalue weighted by Crippen LogP contribution is 2.38. The number of imide groups is 1. The Morgan fingerprint density at radius 2 is 1.69 bits per heavy atom. The Balaban J connectivity index is 1.74. The van der Waals surface area contributed by atoms with Gasteiger partial charge in [-0.15, -0.1) is 0 Å². The van der Waals surface area contributed by atoms with E-state index in [4.69, 9.17) is 0 Å². The Kier molecular flexibility index (Phi) is 6.30. The summed E-state index contributed by atoms with van der Waals surface area (Å²) in [5.41, 5.74) is 1.13. The molecule has 4 amide bonds. The van der Waals surface area contributed by atoms with Crippen LogP contribution in [0.1, 0.15) is 62.9 Å². The van der Waals surface area contributed by atoms with Crippen molar-refractivity contribution in [2.45, 2.75) is 58.9 Å². The molecule has 0 saturated carbocycles. The maximum atomic E-state index is 13.1. The van der Waals surface area contributed by atoms with Crippen molar-refractivity contribution >= 4 is 17.8 Å². The predicted octanol–water partition coefficient (Wildman–Crippen LogP) is 3.55. The average molecular weight is 400 g/mol. The van der Waals surface area contributed by atoms with Crippen molar-refractivity contribution in [3.8, 4) is 0 Å². The lowest BCUT2D eigenvalue weighted by atomic mass is 9.85. The minimum atomic E-state index is -0.793. The fraction of sp³-hybridized carbons (Fsp3) is 0.609. The van der Waals surface area contributed by atoms with Gasteiger partial charge in [-0.3, -0.25) is 14.5 Å². The number of nitrogens with zero attached hydrogens (tertiary/aromatic N) is 3. The first-order valence-corrected chi connectivity index (χ1v) is 10.9. The van der Waals surface area contributed by atoms with Crippen LogP contribution in [0.5, 0.6) is 0 Å². The van der Waals surface area contributed by atoms with Gasteiger partial charge in [0.05, 0.1) is 0 Å². The SMILES string of the molecule is CCCc1ccc(C(=O)N2CCC3(CC2)C(=O)N(CC)C(=O)N3CC(C)C)cc1. The van der Waals surface area contributed by atoms with Crippen molar-refractivity contribution < 1.29 is 14.4 Å². The van der Waals surface area contributed by atoms with E-state index < -0.39 is 5.54 Å². The predicted molar refractivity (Wildman–Crippen MR) is 113 cm³/mol. The molecule has 0 bridgehead atoms. The molecule has 6 heteroatoms. The monoisotopic (exact) mass is 399 g/mol. The summed E-state index contributed by atoms with van der Waals surface area (Å²) in [6, 6.07) is 7.64. The van der Waals surface area contributed by atoms with Gasteiger partial charge in [-0.1, -0.05) is 39.3 Å². The number of hydrogen-bond acceptors (Lipinski definition) is 3. The summed E-state index contributed by atoms with van der Waals surface area (Å²) in [5.74, 6) is 0.186. The Morgan fingerprint density at radius 1 is 1.07 bits per heavy atom. The lowest BCUT2D eigenvalue weighted by Gasteiger charge is -2.42. The van der Waals surface area contributed by atoms with E-state index in [1.807, 2.05) is 36.1 Å². The first kappa shape index (κ1) is 21.3. The van der Waals surface area contributed by atoms with Crippen molar-refractivity contribution in [1.29, 1.82) is 0 Å². The molecule has 1 aromatic rings. The maximum absolute atomic E-state index is 13.1. The fourth-order valence-electron chi connectivity index (χ4n) is 4.53. The van der Waals surface area contributed by atoms with Gasteiger partial charge in [0.25, 0.3) is 11.8 Å². The number of amides is 4. The molecule has 158 valence electrons. The van der Waals surface area contributed by atoms with Gasteiger partial charge in [0.15, 0.2) is 0 Å². The number of urea groups is 1. The molecule has 29 heavy (non-hydrogen) atoms. The number of piperidine rings is 1. The number of likely N-dealkylation sites (N-methyl/N-ethyl adjacent to an activating group) is 1. The number of benzene rings is 1.